The van der Waals surface area contributed by atoms with Crippen LogP contribution in [-0.2, 0) is 0 Å². The van der Waals surface area contributed by atoms with Crippen LogP contribution in [0.25, 0.3) is 5.57 Å². The molecule has 112 valence electrons. The first kappa shape index (κ1) is 17.4. The second kappa shape index (κ2) is 7.93. The van der Waals surface area contributed by atoms with Crippen molar-refractivity contribution in [1.82, 2.24) is 0 Å². The molecule has 0 aliphatic carbocycles. The van der Waals surface area contributed by atoms with E-state index in [0.717, 1.165) is 0 Å². The van der Waals surface area contributed by atoms with Crippen LogP contribution in [0, 0.1) is 5.92 Å². The lowest BCUT2D eigenvalue weighted by Gasteiger charge is -2.22. The Morgan fingerprint density at radius 3 is 2.15 bits per heavy atom. The molecule has 1 heteroatoms. The molecule has 1 aromatic carbocycles. The Bertz CT molecular complexity index is 455. The highest BCUT2D eigenvalue weighted by atomic mass is 32.2. The van der Waals surface area contributed by atoms with Crippen LogP contribution in [-0.4, -0.2) is 5.25 Å². The van der Waals surface area contributed by atoms with Crippen molar-refractivity contribution in [2.24, 2.45) is 5.92 Å². The predicted molar refractivity (Wildman–Crippen MR) is 95.3 cm³/mol. The molecule has 20 heavy (non-hydrogen) atoms. The smallest absolute Gasteiger partial charge is 0.00345 e. The molecule has 0 radical (unpaired) electrons. The molecule has 0 spiro atoms. The fraction of sp³-hybridized carbons (Fsp3) is 0.579. The normalized spacial score (nSPS) is 14.7. The van der Waals surface area contributed by atoms with Gasteiger partial charge in [0, 0.05) is 5.25 Å². The van der Waals surface area contributed by atoms with Gasteiger partial charge in [-0.15, -0.1) is 11.8 Å². The van der Waals surface area contributed by atoms with E-state index in [9.17, 15) is 0 Å². The topological polar surface area (TPSA) is 0 Å². The maximum absolute atomic E-state index is 2.34. The molecule has 1 atom stereocenters. The Morgan fingerprint density at radius 2 is 1.65 bits per heavy atom. The van der Waals surface area contributed by atoms with Crippen LogP contribution in [0.4, 0.5) is 0 Å². The van der Waals surface area contributed by atoms with Gasteiger partial charge in [0.25, 0.3) is 0 Å². The van der Waals surface area contributed by atoms with Gasteiger partial charge in [0.2, 0.25) is 0 Å². The third kappa shape index (κ3) is 4.41. The highest BCUT2D eigenvalue weighted by molar-refractivity contribution is 8.03. The van der Waals surface area contributed by atoms with Crippen molar-refractivity contribution in [2.75, 3.05) is 0 Å². The lowest BCUT2D eigenvalue weighted by atomic mass is 9.86. The predicted octanol–water partition coefficient (Wildman–Crippen LogP) is 6.73. The highest BCUT2D eigenvalue weighted by Crippen LogP contribution is 2.38. The van der Waals surface area contributed by atoms with Crippen LogP contribution in [0.2, 0.25) is 0 Å². The van der Waals surface area contributed by atoms with Gasteiger partial charge in [0.15, 0.2) is 0 Å². The Balaban J connectivity index is 3.36. The molecule has 0 saturated carbocycles. The molecule has 0 saturated heterocycles. The van der Waals surface area contributed by atoms with Gasteiger partial charge in [-0.05, 0) is 46.8 Å². The van der Waals surface area contributed by atoms with Gasteiger partial charge in [0.1, 0.15) is 0 Å². The van der Waals surface area contributed by atoms with E-state index in [1.54, 1.807) is 0 Å². The molecule has 0 heterocycles. The van der Waals surface area contributed by atoms with E-state index in [-0.39, 0.29) is 0 Å². The van der Waals surface area contributed by atoms with Crippen LogP contribution >= 0.6 is 11.8 Å². The number of hydrogen-bond acceptors (Lipinski definition) is 1. The molecule has 1 rings (SSSR count). The third-order valence-corrected chi connectivity index (χ3v) is 4.81. The minimum Gasteiger partial charge on any atom is -0.128 e. The number of hydrogen-bond donors (Lipinski definition) is 0. The van der Waals surface area contributed by atoms with Crippen LogP contribution in [0.15, 0.2) is 29.2 Å². The van der Waals surface area contributed by atoms with Crippen LogP contribution < -0.4 is 0 Å². The van der Waals surface area contributed by atoms with Crippen molar-refractivity contribution >= 4 is 17.3 Å². The lowest BCUT2D eigenvalue weighted by Crippen LogP contribution is -2.04. The third-order valence-electron chi connectivity index (χ3n) is 3.76. The summed E-state index contributed by atoms with van der Waals surface area (Å²) in [5.74, 6) is 1.18. The molecule has 0 nitrogen and oxygen atoms in total. The average Bonchev–Trinajstić information content (AvgIpc) is 2.37. The van der Waals surface area contributed by atoms with Crippen molar-refractivity contribution < 1.29 is 0 Å². The number of rotatable bonds is 6. The Labute approximate surface area is 130 Å². The Hall–Kier alpha value is -0.690. The molecule has 0 amide bonds. The summed E-state index contributed by atoms with van der Waals surface area (Å²) in [6.07, 6.45) is 1.19. The van der Waals surface area contributed by atoms with Gasteiger partial charge in [-0.25, -0.2) is 0 Å². The van der Waals surface area contributed by atoms with Crippen molar-refractivity contribution in [3.05, 3.63) is 40.3 Å². The molecular weight excluding hydrogens is 260 g/mol. The van der Waals surface area contributed by atoms with Gasteiger partial charge < -0.3 is 0 Å². The fourth-order valence-electron chi connectivity index (χ4n) is 2.72. The molecule has 0 N–H and O–H groups in total. The summed E-state index contributed by atoms with van der Waals surface area (Å²) in [4.78, 5) is 1.48. The summed E-state index contributed by atoms with van der Waals surface area (Å²) >= 11 is 1.99. The average molecular weight is 291 g/mol. The molecule has 0 fully saturated rings. The first-order chi connectivity index (χ1) is 9.38. The van der Waals surface area contributed by atoms with E-state index in [1.807, 2.05) is 11.8 Å². The maximum Gasteiger partial charge on any atom is 0.00345 e. The number of allylic oxidation sites excluding steroid dienone is 2. The fourth-order valence-corrected chi connectivity index (χ4v) is 3.90. The first-order valence-electron chi connectivity index (χ1n) is 7.85. The van der Waals surface area contributed by atoms with Crippen molar-refractivity contribution in [2.45, 2.75) is 66.1 Å². The minimum absolute atomic E-state index is 0.562. The second-order valence-corrected chi connectivity index (χ2v) is 7.98. The molecule has 1 unspecified atom stereocenters. The molecule has 0 aliphatic rings. The SMILES string of the molecule is CCC(C)c1ccccc1/C(=C(\C)SC(C)C)C(C)C. The number of benzene rings is 1. The summed E-state index contributed by atoms with van der Waals surface area (Å²) < 4.78 is 0. The molecule has 0 aromatic heterocycles. The largest absolute Gasteiger partial charge is 0.128 e. The first-order valence-corrected chi connectivity index (χ1v) is 8.73. The molecular formula is C19H30S. The quantitative estimate of drug-likeness (QED) is 0.559. The van der Waals surface area contributed by atoms with E-state index in [1.165, 1.54) is 28.0 Å². The van der Waals surface area contributed by atoms with E-state index in [2.05, 4.69) is 72.7 Å². The van der Waals surface area contributed by atoms with E-state index >= 15 is 0 Å². The van der Waals surface area contributed by atoms with Crippen LogP contribution in [0.1, 0.15) is 71.9 Å². The second-order valence-electron chi connectivity index (χ2n) is 6.19. The number of thioether (sulfide) groups is 1. The Kier molecular flexibility index (Phi) is 6.88. The van der Waals surface area contributed by atoms with Crippen LogP contribution in [0.5, 0.6) is 0 Å². The zero-order valence-corrected chi connectivity index (χ0v) is 15.0. The summed E-state index contributed by atoms with van der Waals surface area (Å²) in [6.45, 7) is 16.1. The zero-order valence-electron chi connectivity index (χ0n) is 14.2. The summed E-state index contributed by atoms with van der Waals surface area (Å²) in [7, 11) is 0. The van der Waals surface area contributed by atoms with Gasteiger partial charge in [-0.3, -0.25) is 0 Å². The minimum atomic E-state index is 0.562. The summed E-state index contributed by atoms with van der Waals surface area (Å²) in [5, 5.41) is 0.638. The van der Waals surface area contributed by atoms with Crippen LogP contribution in [0.3, 0.4) is 0 Å². The van der Waals surface area contributed by atoms with Crippen molar-refractivity contribution in [3.63, 3.8) is 0 Å². The highest BCUT2D eigenvalue weighted by Gasteiger charge is 2.17. The van der Waals surface area contributed by atoms with Crippen molar-refractivity contribution in [1.29, 1.82) is 0 Å². The molecule has 1 aromatic rings. The molecule has 0 bridgehead atoms. The Morgan fingerprint density at radius 1 is 1.05 bits per heavy atom. The monoisotopic (exact) mass is 290 g/mol. The summed E-state index contributed by atoms with van der Waals surface area (Å²) in [6, 6.07) is 8.96. The zero-order chi connectivity index (χ0) is 15.3. The van der Waals surface area contributed by atoms with E-state index in [4.69, 9.17) is 0 Å². The standard InChI is InChI=1S/C19H30S/c1-8-15(6)17-11-9-10-12-18(17)19(13(2)3)16(7)20-14(4)5/h9-15H,8H2,1-7H3/b19-16+. The van der Waals surface area contributed by atoms with Gasteiger partial charge in [-0.2, -0.15) is 0 Å². The lowest BCUT2D eigenvalue weighted by molar-refractivity contribution is 0.727. The van der Waals surface area contributed by atoms with Gasteiger partial charge in [-0.1, -0.05) is 65.8 Å². The molecule has 0 aliphatic heterocycles. The van der Waals surface area contributed by atoms with Gasteiger partial charge >= 0.3 is 0 Å². The van der Waals surface area contributed by atoms with E-state index < -0.39 is 0 Å². The van der Waals surface area contributed by atoms with E-state index in [0.29, 0.717) is 17.1 Å². The van der Waals surface area contributed by atoms with Crippen molar-refractivity contribution in [3.8, 4) is 0 Å². The summed E-state index contributed by atoms with van der Waals surface area (Å²) in [5.41, 5.74) is 4.49. The van der Waals surface area contributed by atoms with Gasteiger partial charge in [0.05, 0.1) is 0 Å². The maximum atomic E-state index is 2.34.